The number of hydrogen-bond acceptors (Lipinski definition) is 2. The first-order chi connectivity index (χ1) is 10.1. The van der Waals surface area contributed by atoms with E-state index in [0.29, 0.717) is 21.7 Å². The molecule has 1 N–H and O–H groups in total. The molecule has 0 unspecified atom stereocenters. The molecule has 1 aliphatic rings. The van der Waals surface area contributed by atoms with Gasteiger partial charge in [-0.15, -0.1) is 12.4 Å². The average Bonchev–Trinajstić information content (AvgIpc) is 2.41. The standard InChI is InChI=1S/C16H14Cl2FNO.ClH/c17-14-6-1-10(7-15(14)18)16(11-8-20-9-11)21-13-4-2-12(19)3-5-13;/h1-7,11,16,20H,8-9H2;1H/t16-;/m0./s1. The molecule has 0 spiro atoms. The lowest BCUT2D eigenvalue weighted by atomic mass is 9.91. The lowest BCUT2D eigenvalue weighted by molar-refractivity contribution is 0.0992. The Balaban J connectivity index is 0.00000176. The van der Waals surface area contributed by atoms with E-state index in [1.54, 1.807) is 18.2 Å². The molecule has 2 aromatic carbocycles. The number of halogens is 4. The maximum absolute atomic E-state index is 13.0. The first-order valence-corrected chi connectivity index (χ1v) is 7.47. The molecule has 0 saturated carbocycles. The van der Waals surface area contributed by atoms with Gasteiger partial charge in [-0.05, 0) is 42.0 Å². The molecule has 0 radical (unpaired) electrons. The van der Waals surface area contributed by atoms with Crippen molar-refractivity contribution in [1.82, 2.24) is 5.32 Å². The molecule has 3 rings (SSSR count). The number of ether oxygens (including phenoxy) is 1. The van der Waals surface area contributed by atoms with E-state index in [4.69, 9.17) is 27.9 Å². The van der Waals surface area contributed by atoms with Crippen molar-refractivity contribution < 1.29 is 9.13 Å². The first kappa shape index (κ1) is 17.4. The van der Waals surface area contributed by atoms with Gasteiger partial charge in [0.2, 0.25) is 0 Å². The van der Waals surface area contributed by atoms with E-state index in [9.17, 15) is 4.39 Å². The molecule has 6 heteroatoms. The van der Waals surface area contributed by atoms with Crippen LogP contribution in [0.1, 0.15) is 11.7 Å². The molecule has 0 aromatic heterocycles. The number of hydrogen-bond donors (Lipinski definition) is 1. The van der Waals surface area contributed by atoms with Gasteiger partial charge in [-0.3, -0.25) is 0 Å². The van der Waals surface area contributed by atoms with Crippen LogP contribution in [0, 0.1) is 11.7 Å². The van der Waals surface area contributed by atoms with Crippen LogP contribution in [0.3, 0.4) is 0 Å². The van der Waals surface area contributed by atoms with Crippen molar-refractivity contribution >= 4 is 35.6 Å². The zero-order valence-electron chi connectivity index (χ0n) is 11.6. The van der Waals surface area contributed by atoms with E-state index in [-0.39, 0.29) is 24.3 Å². The molecule has 0 bridgehead atoms. The van der Waals surface area contributed by atoms with E-state index in [2.05, 4.69) is 5.32 Å². The predicted molar refractivity (Wildman–Crippen MR) is 89.8 cm³/mol. The van der Waals surface area contributed by atoms with Crippen molar-refractivity contribution in [2.75, 3.05) is 13.1 Å². The Morgan fingerprint density at radius 1 is 1.05 bits per heavy atom. The number of rotatable bonds is 4. The molecule has 0 amide bonds. The van der Waals surface area contributed by atoms with Gasteiger partial charge in [-0.1, -0.05) is 29.3 Å². The minimum absolute atomic E-state index is 0. The van der Waals surface area contributed by atoms with Crippen LogP contribution >= 0.6 is 35.6 Å². The van der Waals surface area contributed by atoms with Crippen LogP contribution in [-0.2, 0) is 0 Å². The largest absolute Gasteiger partial charge is 0.485 e. The summed E-state index contributed by atoms with van der Waals surface area (Å²) in [7, 11) is 0. The fourth-order valence-corrected chi connectivity index (χ4v) is 2.62. The molecule has 0 aliphatic carbocycles. The van der Waals surface area contributed by atoms with Crippen molar-refractivity contribution in [1.29, 1.82) is 0 Å². The molecule has 118 valence electrons. The summed E-state index contributed by atoms with van der Waals surface area (Å²) in [6.45, 7) is 1.76. The Morgan fingerprint density at radius 3 is 2.27 bits per heavy atom. The summed E-state index contributed by atoms with van der Waals surface area (Å²) in [6.07, 6.45) is -0.133. The van der Waals surface area contributed by atoms with Gasteiger partial charge in [0.1, 0.15) is 17.7 Å². The maximum Gasteiger partial charge on any atom is 0.129 e. The Hall–Kier alpha value is -1.00. The van der Waals surface area contributed by atoms with E-state index >= 15 is 0 Å². The molecule has 22 heavy (non-hydrogen) atoms. The fraction of sp³-hybridized carbons (Fsp3) is 0.250. The highest BCUT2D eigenvalue weighted by atomic mass is 35.5. The smallest absolute Gasteiger partial charge is 0.129 e. The highest BCUT2D eigenvalue weighted by Gasteiger charge is 2.30. The second-order valence-corrected chi connectivity index (χ2v) is 5.90. The predicted octanol–water partition coefficient (Wildman–Crippen LogP) is 4.89. The molecular formula is C16H15Cl3FNO. The monoisotopic (exact) mass is 361 g/mol. The van der Waals surface area contributed by atoms with Gasteiger partial charge in [0.25, 0.3) is 0 Å². The quantitative estimate of drug-likeness (QED) is 0.836. The lowest BCUT2D eigenvalue weighted by Crippen LogP contribution is -2.46. The highest BCUT2D eigenvalue weighted by Crippen LogP contribution is 2.34. The molecular weight excluding hydrogens is 348 g/mol. The second kappa shape index (κ2) is 7.51. The van der Waals surface area contributed by atoms with Crippen LogP contribution in [0.4, 0.5) is 4.39 Å². The topological polar surface area (TPSA) is 21.3 Å². The van der Waals surface area contributed by atoms with Crippen LogP contribution < -0.4 is 10.1 Å². The van der Waals surface area contributed by atoms with Gasteiger partial charge in [-0.25, -0.2) is 4.39 Å². The third kappa shape index (κ3) is 3.85. The molecule has 1 saturated heterocycles. The zero-order valence-corrected chi connectivity index (χ0v) is 13.9. The van der Waals surface area contributed by atoms with Gasteiger partial charge >= 0.3 is 0 Å². The van der Waals surface area contributed by atoms with Crippen molar-refractivity contribution in [3.05, 3.63) is 63.9 Å². The van der Waals surface area contributed by atoms with Gasteiger partial charge in [-0.2, -0.15) is 0 Å². The Labute approximate surface area is 145 Å². The maximum atomic E-state index is 13.0. The summed E-state index contributed by atoms with van der Waals surface area (Å²) in [5.41, 5.74) is 0.972. The molecule has 1 aliphatic heterocycles. The van der Waals surface area contributed by atoms with Crippen LogP contribution in [0.15, 0.2) is 42.5 Å². The molecule has 2 nitrogen and oxygen atoms in total. The number of benzene rings is 2. The van der Waals surface area contributed by atoms with E-state index in [0.717, 1.165) is 18.7 Å². The van der Waals surface area contributed by atoms with Gasteiger partial charge < -0.3 is 10.1 Å². The summed E-state index contributed by atoms with van der Waals surface area (Å²) >= 11 is 12.1. The Kier molecular flexibility index (Phi) is 5.93. The van der Waals surface area contributed by atoms with Crippen LogP contribution in [-0.4, -0.2) is 13.1 Å². The molecule has 1 fully saturated rings. The van der Waals surface area contributed by atoms with E-state index in [1.807, 2.05) is 12.1 Å². The Bertz CT molecular complexity index is 632. The third-order valence-electron chi connectivity index (χ3n) is 3.59. The summed E-state index contributed by atoms with van der Waals surface area (Å²) in [5.74, 6) is 0.713. The summed E-state index contributed by atoms with van der Waals surface area (Å²) in [4.78, 5) is 0. The molecule has 1 atom stereocenters. The van der Waals surface area contributed by atoms with Gasteiger partial charge in [0.15, 0.2) is 0 Å². The summed E-state index contributed by atoms with van der Waals surface area (Å²) in [6, 6.07) is 11.6. The van der Waals surface area contributed by atoms with E-state index in [1.165, 1.54) is 12.1 Å². The highest BCUT2D eigenvalue weighted by molar-refractivity contribution is 6.42. The Morgan fingerprint density at radius 2 is 1.73 bits per heavy atom. The van der Waals surface area contributed by atoms with Crippen LogP contribution in [0.5, 0.6) is 5.75 Å². The third-order valence-corrected chi connectivity index (χ3v) is 4.33. The van der Waals surface area contributed by atoms with Gasteiger partial charge in [0, 0.05) is 19.0 Å². The van der Waals surface area contributed by atoms with Crippen molar-refractivity contribution in [3.63, 3.8) is 0 Å². The second-order valence-electron chi connectivity index (χ2n) is 5.08. The lowest BCUT2D eigenvalue weighted by Gasteiger charge is -2.35. The fourth-order valence-electron chi connectivity index (χ4n) is 2.31. The van der Waals surface area contributed by atoms with Crippen LogP contribution in [0.2, 0.25) is 10.0 Å². The summed E-state index contributed by atoms with van der Waals surface area (Å²) < 4.78 is 19.0. The minimum Gasteiger partial charge on any atom is -0.485 e. The minimum atomic E-state index is -0.279. The molecule has 2 aromatic rings. The zero-order chi connectivity index (χ0) is 14.8. The SMILES string of the molecule is Cl.Fc1ccc(O[C@@H](c2ccc(Cl)c(Cl)c2)C2CNC2)cc1. The first-order valence-electron chi connectivity index (χ1n) is 6.71. The van der Waals surface area contributed by atoms with Crippen molar-refractivity contribution in [3.8, 4) is 5.75 Å². The van der Waals surface area contributed by atoms with Crippen molar-refractivity contribution in [2.24, 2.45) is 5.92 Å². The summed E-state index contributed by atoms with van der Waals surface area (Å²) in [5, 5.41) is 4.26. The van der Waals surface area contributed by atoms with Crippen LogP contribution in [0.25, 0.3) is 0 Å². The van der Waals surface area contributed by atoms with Gasteiger partial charge in [0.05, 0.1) is 10.0 Å². The molecule has 1 heterocycles. The van der Waals surface area contributed by atoms with E-state index < -0.39 is 0 Å². The van der Waals surface area contributed by atoms with Crippen molar-refractivity contribution in [2.45, 2.75) is 6.10 Å². The number of nitrogens with one attached hydrogen (secondary N) is 1. The average molecular weight is 363 g/mol. The normalized spacial score (nSPS) is 15.6.